The number of aromatic amines is 4. The zero-order chi connectivity index (χ0) is 101. The molecule has 11 amide bonds. The van der Waals surface area contributed by atoms with E-state index in [2.05, 4.69) is 134 Å². The van der Waals surface area contributed by atoms with Gasteiger partial charge in [0.25, 0.3) is 47.3 Å². The predicted molar refractivity (Wildman–Crippen MR) is 555 cm³/mol. The van der Waals surface area contributed by atoms with Crippen molar-refractivity contribution in [2.45, 2.75) is 96.6 Å². The second-order valence-electron chi connectivity index (χ2n) is 37.7. The molecule has 23 rings (SSSR count). The van der Waals surface area contributed by atoms with E-state index in [9.17, 15) is 47.9 Å². The molecule has 12 aromatic heterocycles. The largest absolute Gasteiger partial charge is 0.337 e. The molecule has 147 heavy (non-hydrogen) atoms. The lowest BCUT2D eigenvalue weighted by Gasteiger charge is -2.30. The number of hydrogen-bond acceptors (Lipinski definition) is 24. The molecular formula is C108H107N29O10. The van der Waals surface area contributed by atoms with Gasteiger partial charge in [-0.1, -0.05) is 24.3 Å². The van der Waals surface area contributed by atoms with Crippen molar-refractivity contribution < 1.29 is 47.9 Å². The minimum absolute atomic E-state index is 0.0196. The monoisotopic (exact) mass is 1970 g/mol. The van der Waals surface area contributed by atoms with E-state index in [4.69, 9.17) is 0 Å². The van der Waals surface area contributed by atoms with E-state index in [0.29, 0.717) is 90.1 Å². The van der Waals surface area contributed by atoms with Gasteiger partial charge < -0.3 is 56.4 Å². The SMILES string of the molecule is CN(C)C(=O)Nc1cncc(-c2ccc3[nH]nc(C(=O)Nc4ccc(C(=O)N5CCCC5)nc4)c3c2)c1.O=C(Nc1ccc(C(=O)N2CCCC2)nc1)c1n[nH]c2ccc(-c3cncc(CN4CCC4)c3)cc12.O=C(Nc1ccc(C(=O)N2CCCC2)nc1)c1n[nH]c2ccc(-c3cncc(CN4CCCC4)c3)cc12.O=C(Nc1ccc(C(=O)N2CCCC2)nc1)c1n[nH]c2ccc(-c3cncc(NC(=O)C4CC4)c3)cc12. The van der Waals surface area contributed by atoms with Crippen LogP contribution < -0.4 is 31.9 Å². The van der Waals surface area contributed by atoms with Gasteiger partial charge in [-0.05, 0) is 264 Å². The summed E-state index contributed by atoms with van der Waals surface area (Å²) in [5.74, 6) is -1.70. The normalized spacial score (nSPS) is 14.9. The van der Waals surface area contributed by atoms with Crippen molar-refractivity contribution in [1.82, 2.24) is 115 Å². The summed E-state index contributed by atoms with van der Waals surface area (Å²) in [5, 5.41) is 48.4. The number of rotatable bonds is 23. The molecule has 6 aliphatic heterocycles. The number of anilines is 6. The van der Waals surface area contributed by atoms with E-state index in [0.717, 1.165) is 222 Å². The highest BCUT2D eigenvalue weighted by Gasteiger charge is 2.32. The molecule has 18 heterocycles. The fourth-order valence-corrected chi connectivity index (χ4v) is 18.6. The van der Waals surface area contributed by atoms with Crippen molar-refractivity contribution in [2.24, 2.45) is 5.92 Å². The lowest BCUT2D eigenvalue weighted by Crippen LogP contribution is -2.36. The molecule has 16 aromatic rings. The number of nitrogens with one attached hydrogen (secondary N) is 10. The van der Waals surface area contributed by atoms with Crippen LogP contribution in [0.25, 0.3) is 88.1 Å². The second-order valence-corrected chi connectivity index (χ2v) is 37.7. The lowest BCUT2D eigenvalue weighted by atomic mass is 10.0. The van der Waals surface area contributed by atoms with Gasteiger partial charge in [0.2, 0.25) is 5.91 Å². The fraction of sp³-hybridized carbons (Fsp3) is 0.278. The number of urea groups is 1. The van der Waals surface area contributed by atoms with Crippen molar-refractivity contribution in [3.05, 3.63) is 277 Å². The third kappa shape index (κ3) is 23.0. The standard InChI is InChI=1S/C28H29N7O2.C27H25N7O3.C27H27N7O2.C26H26N8O3/c36-27(31-22-6-8-25(30-17-22)28(37)35-11-3-4-12-35)26-23-14-20(5-7-24(23)32-33-26)21-13-19(15-29-16-21)18-34-9-1-2-10-34;35-25(16-3-4-16)31-20-11-18(13-28-14-20)17-5-7-22-21(12-17)24(33-32-22)26(36)30-19-6-8-23(29-15-19)27(37)34-9-1-2-10-34;35-26(30-21-5-7-24(29-16-21)27(36)34-10-1-2-11-34)25-22-13-19(4-6-23(22)31-32-25)20-12-18(14-28-15-20)17-33-8-3-9-33;1-33(2)26(37)30-19-11-17(13-27-14-19)16-5-7-21-20(12-16)23(32-31-21)24(35)29-18-6-8-22(28-15-18)25(36)34-9-3-4-10-34/h5-8,13-17H,1-4,9-12,18H2,(H,31,36)(H,32,33);5-8,11-16H,1-4,9-10H2,(H,30,36)(H,31,35)(H,32,33);4-7,12-16H,1-3,8-11,17H2,(H,30,35)(H,31,32);5-8,11-15H,3-4,9-10H2,1-2H3,(H,29,35)(H,30,37)(H,31,32). The zero-order valence-corrected chi connectivity index (χ0v) is 81.0. The second kappa shape index (κ2) is 44.1. The van der Waals surface area contributed by atoms with Crippen LogP contribution in [0.3, 0.4) is 0 Å². The van der Waals surface area contributed by atoms with Crippen molar-refractivity contribution in [3.63, 3.8) is 0 Å². The number of fused-ring (bicyclic) bond motifs is 4. The van der Waals surface area contributed by atoms with E-state index in [1.807, 2.05) is 120 Å². The first-order valence-corrected chi connectivity index (χ1v) is 49.4. The maximum Gasteiger partial charge on any atom is 0.321 e. The van der Waals surface area contributed by atoms with Gasteiger partial charge in [0.05, 0.1) is 93.4 Å². The summed E-state index contributed by atoms with van der Waals surface area (Å²) < 4.78 is 0. The Morgan fingerprint density at radius 3 is 0.837 bits per heavy atom. The zero-order valence-electron chi connectivity index (χ0n) is 81.0. The Balaban J connectivity index is 0.000000119. The highest BCUT2D eigenvalue weighted by molar-refractivity contribution is 6.15. The smallest absolute Gasteiger partial charge is 0.321 e. The van der Waals surface area contributed by atoms with Crippen LogP contribution in [0.1, 0.15) is 179 Å². The van der Waals surface area contributed by atoms with Crippen molar-refractivity contribution in [3.8, 4) is 44.5 Å². The summed E-state index contributed by atoms with van der Waals surface area (Å²) >= 11 is 0. The summed E-state index contributed by atoms with van der Waals surface area (Å²) in [6.45, 7) is 12.4. The number of nitrogens with zero attached hydrogens (tertiary/aromatic N) is 19. The molecule has 0 atom stereocenters. The van der Waals surface area contributed by atoms with Crippen LogP contribution in [-0.4, -0.2) is 267 Å². The number of benzene rings is 4. The molecule has 0 radical (unpaired) electrons. The lowest BCUT2D eigenvalue weighted by molar-refractivity contribution is -0.117. The van der Waals surface area contributed by atoms with Gasteiger partial charge in [-0.3, -0.25) is 93.3 Å². The number of amides is 11. The van der Waals surface area contributed by atoms with E-state index in [1.54, 1.807) is 97.2 Å². The Hall–Kier alpha value is -17.6. The average molecular weight is 1970 g/mol. The molecule has 4 aromatic carbocycles. The molecule has 1 aliphatic carbocycles. The van der Waals surface area contributed by atoms with Gasteiger partial charge in [-0.15, -0.1) is 0 Å². The Labute approximate surface area is 843 Å². The predicted octanol–water partition coefficient (Wildman–Crippen LogP) is 15.3. The molecule has 7 aliphatic rings. The quantitative estimate of drug-likeness (QED) is 0.0284. The number of pyridine rings is 8. The molecule has 39 heteroatoms. The Morgan fingerprint density at radius 2 is 0.565 bits per heavy atom. The van der Waals surface area contributed by atoms with Crippen LogP contribution in [0.2, 0.25) is 0 Å². The van der Waals surface area contributed by atoms with Gasteiger partial charge in [0.15, 0.2) is 22.8 Å². The molecule has 6 saturated heterocycles. The number of aromatic nitrogens is 16. The van der Waals surface area contributed by atoms with E-state index in [1.165, 1.54) is 60.1 Å². The van der Waals surface area contributed by atoms with Crippen molar-refractivity contribution >= 4 is 137 Å². The van der Waals surface area contributed by atoms with E-state index >= 15 is 0 Å². The van der Waals surface area contributed by atoms with Crippen LogP contribution in [0, 0.1) is 5.92 Å². The van der Waals surface area contributed by atoms with Gasteiger partial charge in [0, 0.05) is 166 Å². The first kappa shape index (κ1) is 96.9. The number of hydrogen-bond donors (Lipinski definition) is 10. The topological polar surface area (TPSA) is 483 Å². The average Bonchev–Trinajstić information content (AvgIpc) is 1.67. The molecule has 39 nitrogen and oxygen atoms in total. The minimum Gasteiger partial charge on any atom is -0.337 e. The molecule has 0 unspecified atom stereocenters. The minimum atomic E-state index is -0.408. The maximum absolute atomic E-state index is 13.1. The highest BCUT2D eigenvalue weighted by Crippen LogP contribution is 2.36. The van der Waals surface area contributed by atoms with Gasteiger partial charge in [-0.25, -0.2) is 24.7 Å². The van der Waals surface area contributed by atoms with Crippen molar-refractivity contribution in [2.75, 3.05) is 125 Å². The molecule has 7 fully saturated rings. The molecule has 10 N–H and O–H groups in total. The van der Waals surface area contributed by atoms with Gasteiger partial charge in [0.1, 0.15) is 22.8 Å². The number of likely N-dealkylation sites (tertiary alicyclic amines) is 6. The number of carbonyl (C=O) groups is 10. The third-order valence-corrected chi connectivity index (χ3v) is 26.9. The Bertz CT molecular complexity index is 7400. The van der Waals surface area contributed by atoms with Crippen LogP contribution in [0.5, 0.6) is 0 Å². The first-order chi connectivity index (χ1) is 71.7. The van der Waals surface area contributed by atoms with E-state index < -0.39 is 11.8 Å². The Kier molecular flexibility index (Phi) is 29.0. The highest BCUT2D eigenvalue weighted by atomic mass is 16.2. The third-order valence-electron chi connectivity index (χ3n) is 26.9. The van der Waals surface area contributed by atoms with Gasteiger partial charge in [-0.2, -0.15) is 20.4 Å². The molecule has 0 bridgehead atoms. The molecule has 744 valence electrons. The molecule has 1 saturated carbocycles. The summed E-state index contributed by atoms with van der Waals surface area (Å²) in [6, 6.07) is 44.0. The summed E-state index contributed by atoms with van der Waals surface area (Å²) in [5.41, 5.74) is 18.2. The molecular weight excluding hydrogens is 1860 g/mol. The fourth-order valence-electron chi connectivity index (χ4n) is 18.6. The summed E-state index contributed by atoms with van der Waals surface area (Å²) in [4.78, 5) is 174. The Morgan fingerprint density at radius 1 is 0.286 bits per heavy atom. The first-order valence-electron chi connectivity index (χ1n) is 49.4. The van der Waals surface area contributed by atoms with E-state index in [-0.39, 0.29) is 64.7 Å². The maximum atomic E-state index is 13.1. The van der Waals surface area contributed by atoms with Crippen LogP contribution >= 0.6 is 0 Å². The summed E-state index contributed by atoms with van der Waals surface area (Å²) in [6.07, 6.45) is 33.9. The molecule has 0 spiro atoms. The summed E-state index contributed by atoms with van der Waals surface area (Å²) in [7, 11) is 3.31. The number of H-pyrrole nitrogens is 4. The van der Waals surface area contributed by atoms with Crippen molar-refractivity contribution in [1.29, 1.82) is 0 Å². The van der Waals surface area contributed by atoms with Crippen LogP contribution in [0.15, 0.2) is 220 Å². The number of carbonyl (C=O) groups excluding carboxylic acids is 10. The van der Waals surface area contributed by atoms with Crippen LogP contribution in [0.4, 0.5) is 38.9 Å². The van der Waals surface area contributed by atoms with Gasteiger partial charge >= 0.3 is 6.03 Å². The van der Waals surface area contributed by atoms with Crippen LogP contribution in [-0.2, 0) is 17.9 Å².